The Bertz CT molecular complexity index is 576. The van der Waals surface area contributed by atoms with Crippen LogP contribution in [0.25, 0.3) is 11.0 Å². The smallest absolute Gasteiger partial charge is 0.280 e. The molecule has 0 fully saturated rings. The van der Waals surface area contributed by atoms with Crippen molar-refractivity contribution < 1.29 is 9.84 Å². The Morgan fingerprint density at radius 3 is 3.06 bits per heavy atom. The molecule has 2 aromatic heterocycles. The molecule has 92 valence electrons. The van der Waals surface area contributed by atoms with Crippen molar-refractivity contribution in [3.05, 3.63) is 16.6 Å². The van der Waals surface area contributed by atoms with Gasteiger partial charge in [0, 0.05) is 14.2 Å². The van der Waals surface area contributed by atoms with Crippen LogP contribution < -0.4 is 5.56 Å². The summed E-state index contributed by atoms with van der Waals surface area (Å²) < 4.78 is 7.35. The molecule has 0 aromatic carbocycles. The van der Waals surface area contributed by atoms with E-state index >= 15 is 0 Å². The molecule has 0 radical (unpaired) electrons. The van der Waals surface area contributed by atoms with Crippen LogP contribution >= 0.6 is 0 Å². The fourth-order valence-corrected chi connectivity index (χ4v) is 1.54. The number of hydrogen-bond donors (Lipinski definition) is 1. The minimum atomic E-state index is -0.791. The van der Waals surface area contributed by atoms with E-state index in [2.05, 4.69) is 15.4 Å². The summed E-state index contributed by atoms with van der Waals surface area (Å²) in [5, 5.41) is 21.5. The Balaban J connectivity index is 2.36. The molecule has 8 nitrogen and oxygen atoms in total. The number of fused-ring (bicyclic) bond motifs is 1. The van der Waals surface area contributed by atoms with E-state index in [1.807, 2.05) is 0 Å². The van der Waals surface area contributed by atoms with Crippen molar-refractivity contribution in [3.63, 3.8) is 0 Å². The van der Waals surface area contributed by atoms with Gasteiger partial charge >= 0.3 is 0 Å². The number of aromatic nitrogens is 5. The summed E-state index contributed by atoms with van der Waals surface area (Å²) in [6.45, 7) is 0.184. The minimum absolute atomic E-state index is 0.0461. The second-order valence-electron chi connectivity index (χ2n) is 3.69. The Hall–Kier alpha value is -1.80. The number of nitrogens with zero attached hydrogens (tertiary/aromatic N) is 5. The van der Waals surface area contributed by atoms with Crippen LogP contribution in [-0.4, -0.2) is 49.7 Å². The highest BCUT2D eigenvalue weighted by Gasteiger charge is 2.12. The molecule has 17 heavy (non-hydrogen) atoms. The molecule has 2 rings (SSSR count). The Kier molecular flexibility index (Phi) is 3.16. The third-order valence-electron chi connectivity index (χ3n) is 2.36. The quantitative estimate of drug-likeness (QED) is 0.700. The molecule has 1 atom stereocenters. The van der Waals surface area contributed by atoms with Gasteiger partial charge in [-0.3, -0.25) is 4.79 Å². The average molecular weight is 239 g/mol. The third-order valence-corrected chi connectivity index (χ3v) is 2.36. The van der Waals surface area contributed by atoms with Crippen LogP contribution in [0.15, 0.2) is 11.0 Å². The maximum atomic E-state index is 11.9. The fourth-order valence-electron chi connectivity index (χ4n) is 1.54. The molecule has 0 aliphatic carbocycles. The number of hydrogen-bond acceptors (Lipinski definition) is 6. The molecular weight excluding hydrogens is 226 g/mol. The number of ether oxygens (including phenoxy) is 1. The van der Waals surface area contributed by atoms with Gasteiger partial charge in [0.05, 0.1) is 25.5 Å². The molecule has 2 aromatic rings. The lowest BCUT2D eigenvalue weighted by Crippen LogP contribution is -2.31. The van der Waals surface area contributed by atoms with Crippen molar-refractivity contribution in [3.8, 4) is 0 Å². The molecule has 0 saturated heterocycles. The van der Waals surface area contributed by atoms with E-state index in [4.69, 9.17) is 4.74 Å². The molecule has 8 heteroatoms. The lowest BCUT2D eigenvalue weighted by molar-refractivity contribution is 0.0499. The SMILES string of the molecule is COCC(O)Cn1nnc2c(cnn2C)c1=O. The predicted octanol–water partition coefficient (Wildman–Crippen LogP) is -1.47. The molecule has 0 aliphatic heterocycles. The van der Waals surface area contributed by atoms with E-state index in [1.54, 1.807) is 7.05 Å². The standard InChI is InChI=1S/C9H13N5O3/c1-13-8-7(3-10-13)9(16)14(12-11-8)4-6(15)5-17-2/h3,6,15H,4-5H2,1-2H3. The summed E-state index contributed by atoms with van der Waals surface area (Å²) >= 11 is 0. The number of methoxy groups -OCH3 is 1. The lowest BCUT2D eigenvalue weighted by Gasteiger charge is -2.09. The highest BCUT2D eigenvalue weighted by molar-refractivity contribution is 5.72. The number of aryl methyl sites for hydroxylation is 1. The van der Waals surface area contributed by atoms with E-state index in [0.717, 1.165) is 4.68 Å². The topological polar surface area (TPSA) is 95.1 Å². The molecule has 1 unspecified atom stereocenters. The van der Waals surface area contributed by atoms with Crippen LogP contribution in [0.1, 0.15) is 0 Å². The summed E-state index contributed by atoms with van der Waals surface area (Å²) in [5.74, 6) is 0. The summed E-state index contributed by atoms with van der Waals surface area (Å²) in [6, 6.07) is 0. The summed E-state index contributed by atoms with van der Waals surface area (Å²) in [6.07, 6.45) is 0.645. The third kappa shape index (κ3) is 2.17. The van der Waals surface area contributed by atoms with Gasteiger partial charge < -0.3 is 9.84 Å². The van der Waals surface area contributed by atoms with Crippen LogP contribution in [0.5, 0.6) is 0 Å². The number of aliphatic hydroxyl groups is 1. The largest absolute Gasteiger partial charge is 0.389 e. The maximum absolute atomic E-state index is 11.9. The van der Waals surface area contributed by atoms with Gasteiger partial charge in [0.15, 0.2) is 5.65 Å². The molecule has 2 heterocycles. The Labute approximate surface area is 96.4 Å². The van der Waals surface area contributed by atoms with Crippen molar-refractivity contribution >= 4 is 11.0 Å². The lowest BCUT2D eigenvalue weighted by atomic mass is 10.3. The Morgan fingerprint density at radius 2 is 2.35 bits per heavy atom. The van der Waals surface area contributed by atoms with Gasteiger partial charge in [0.25, 0.3) is 5.56 Å². The van der Waals surface area contributed by atoms with Gasteiger partial charge in [0.2, 0.25) is 0 Å². The first-order valence-electron chi connectivity index (χ1n) is 5.06. The van der Waals surface area contributed by atoms with Gasteiger partial charge in [-0.1, -0.05) is 5.21 Å². The minimum Gasteiger partial charge on any atom is -0.389 e. The van der Waals surface area contributed by atoms with Gasteiger partial charge in [-0.15, -0.1) is 5.10 Å². The zero-order chi connectivity index (χ0) is 12.4. The first kappa shape index (κ1) is 11.7. The van der Waals surface area contributed by atoms with Crippen molar-refractivity contribution in [1.82, 2.24) is 24.8 Å². The van der Waals surface area contributed by atoms with Gasteiger partial charge in [0.1, 0.15) is 5.39 Å². The zero-order valence-corrected chi connectivity index (χ0v) is 9.57. The fraction of sp³-hybridized carbons (Fsp3) is 0.556. The van der Waals surface area contributed by atoms with E-state index in [1.165, 1.54) is 18.0 Å². The monoisotopic (exact) mass is 239 g/mol. The molecule has 0 aliphatic rings. The average Bonchev–Trinajstić information content (AvgIpc) is 2.66. The molecular formula is C9H13N5O3. The van der Waals surface area contributed by atoms with E-state index in [9.17, 15) is 9.90 Å². The first-order chi connectivity index (χ1) is 8.13. The highest BCUT2D eigenvalue weighted by atomic mass is 16.5. The van der Waals surface area contributed by atoms with E-state index in [-0.39, 0.29) is 18.7 Å². The molecule has 0 spiro atoms. The first-order valence-corrected chi connectivity index (χ1v) is 5.06. The second-order valence-corrected chi connectivity index (χ2v) is 3.69. The summed E-state index contributed by atoms with van der Waals surface area (Å²) in [4.78, 5) is 11.9. The molecule has 1 N–H and O–H groups in total. The van der Waals surface area contributed by atoms with Crippen molar-refractivity contribution in [1.29, 1.82) is 0 Å². The summed E-state index contributed by atoms with van der Waals surface area (Å²) in [5.41, 5.74) is 0.103. The van der Waals surface area contributed by atoms with Gasteiger partial charge in [-0.2, -0.15) is 5.10 Å². The van der Waals surface area contributed by atoms with Crippen LogP contribution in [0, 0.1) is 0 Å². The van der Waals surface area contributed by atoms with Crippen molar-refractivity contribution in [2.45, 2.75) is 12.6 Å². The van der Waals surface area contributed by atoms with Crippen molar-refractivity contribution in [2.75, 3.05) is 13.7 Å². The normalized spacial score (nSPS) is 13.1. The van der Waals surface area contributed by atoms with Gasteiger partial charge in [-0.25, -0.2) is 9.36 Å². The van der Waals surface area contributed by atoms with Gasteiger partial charge in [-0.05, 0) is 0 Å². The second kappa shape index (κ2) is 4.60. The number of aliphatic hydroxyl groups excluding tert-OH is 1. The van der Waals surface area contributed by atoms with Crippen LogP contribution in [0.3, 0.4) is 0 Å². The highest BCUT2D eigenvalue weighted by Crippen LogP contribution is 2.01. The van der Waals surface area contributed by atoms with Crippen LogP contribution in [0.4, 0.5) is 0 Å². The molecule has 0 amide bonds. The molecule has 0 saturated carbocycles. The van der Waals surface area contributed by atoms with Crippen LogP contribution in [-0.2, 0) is 18.3 Å². The van der Waals surface area contributed by atoms with Crippen LogP contribution in [0.2, 0.25) is 0 Å². The maximum Gasteiger partial charge on any atom is 0.280 e. The van der Waals surface area contributed by atoms with E-state index < -0.39 is 6.10 Å². The molecule has 0 bridgehead atoms. The van der Waals surface area contributed by atoms with E-state index in [0.29, 0.717) is 11.0 Å². The summed E-state index contributed by atoms with van der Waals surface area (Å²) in [7, 11) is 3.16. The zero-order valence-electron chi connectivity index (χ0n) is 9.57. The Morgan fingerprint density at radius 1 is 1.59 bits per heavy atom. The number of rotatable bonds is 4. The predicted molar refractivity (Wildman–Crippen MR) is 58.4 cm³/mol. The van der Waals surface area contributed by atoms with Crippen molar-refractivity contribution in [2.24, 2.45) is 7.05 Å².